The van der Waals surface area contributed by atoms with Crippen LogP contribution in [0.2, 0.25) is 0 Å². The van der Waals surface area contributed by atoms with E-state index in [0.29, 0.717) is 0 Å². The zero-order chi connectivity index (χ0) is 13.7. The van der Waals surface area contributed by atoms with Gasteiger partial charge in [-0.2, -0.15) is 0 Å². The average Bonchev–Trinajstić information content (AvgIpc) is 2.46. The van der Waals surface area contributed by atoms with Gasteiger partial charge in [-0.25, -0.2) is 4.79 Å². The number of phenolic OH excluding ortho intramolecular Hbond substituents is 1. The lowest BCUT2D eigenvalue weighted by Crippen LogP contribution is -2.03. The van der Waals surface area contributed by atoms with Gasteiger partial charge in [0.05, 0.1) is 7.11 Å². The number of methoxy groups -OCH3 is 1. The second-order valence-electron chi connectivity index (χ2n) is 4.33. The molecule has 0 heterocycles. The molecule has 0 radical (unpaired) electrons. The Labute approximate surface area is 112 Å². The maximum absolute atomic E-state index is 11.5. The molecule has 0 bridgehead atoms. The Hall–Kier alpha value is -2.29. The zero-order valence-electron chi connectivity index (χ0n) is 10.8. The highest BCUT2D eigenvalue weighted by Gasteiger charge is 2.11. The van der Waals surface area contributed by atoms with Crippen LogP contribution in [0.15, 0.2) is 48.5 Å². The Kier molecular flexibility index (Phi) is 4.18. The fourth-order valence-corrected chi connectivity index (χ4v) is 1.95. The first kappa shape index (κ1) is 13.1. The van der Waals surface area contributed by atoms with Gasteiger partial charge in [-0.1, -0.05) is 36.4 Å². The number of aryl methyl sites for hydroxylation is 2. The molecule has 0 unspecified atom stereocenters. The van der Waals surface area contributed by atoms with Gasteiger partial charge in [-0.15, -0.1) is 0 Å². The largest absolute Gasteiger partial charge is 0.507 e. The van der Waals surface area contributed by atoms with E-state index in [1.807, 2.05) is 24.3 Å². The zero-order valence-corrected chi connectivity index (χ0v) is 10.8. The molecule has 2 aromatic carbocycles. The lowest BCUT2D eigenvalue weighted by Gasteiger charge is -2.06. The van der Waals surface area contributed by atoms with Crippen molar-refractivity contribution < 1.29 is 14.6 Å². The fourth-order valence-electron chi connectivity index (χ4n) is 1.95. The molecule has 3 heteroatoms. The van der Waals surface area contributed by atoms with E-state index >= 15 is 0 Å². The molecule has 0 aliphatic heterocycles. The number of carbonyl (C=O) groups excluding carboxylic acids is 1. The Balaban J connectivity index is 2.11. The number of ether oxygens (including phenoxy) is 1. The number of benzene rings is 2. The molecular formula is C16H16O3. The molecule has 1 N–H and O–H groups in total. The quantitative estimate of drug-likeness (QED) is 0.855. The molecule has 0 amide bonds. The van der Waals surface area contributed by atoms with Crippen LogP contribution >= 0.6 is 0 Å². The Morgan fingerprint density at radius 2 is 1.74 bits per heavy atom. The van der Waals surface area contributed by atoms with E-state index in [4.69, 9.17) is 0 Å². The second kappa shape index (κ2) is 6.05. The van der Waals surface area contributed by atoms with Gasteiger partial charge in [0, 0.05) is 0 Å². The van der Waals surface area contributed by atoms with Crippen LogP contribution < -0.4 is 0 Å². The molecule has 98 valence electrons. The Morgan fingerprint density at radius 1 is 1.05 bits per heavy atom. The highest BCUT2D eigenvalue weighted by Crippen LogP contribution is 2.20. The number of carbonyl (C=O) groups is 1. The molecule has 0 aromatic heterocycles. The molecule has 0 aliphatic carbocycles. The van der Waals surface area contributed by atoms with Gasteiger partial charge in [-0.05, 0) is 36.1 Å². The van der Waals surface area contributed by atoms with Crippen molar-refractivity contribution in [3.05, 3.63) is 65.2 Å². The standard InChI is InChI=1S/C16H16O3/c1-19-16(18)14-11-13(9-10-15(14)17)8-7-12-5-3-2-4-6-12/h2-6,9-11,17H,7-8H2,1H3. The van der Waals surface area contributed by atoms with Crippen molar-refractivity contribution in [3.8, 4) is 5.75 Å². The lowest BCUT2D eigenvalue weighted by molar-refractivity contribution is 0.0597. The van der Waals surface area contributed by atoms with Crippen molar-refractivity contribution in [2.45, 2.75) is 12.8 Å². The van der Waals surface area contributed by atoms with E-state index in [-0.39, 0.29) is 11.3 Å². The summed E-state index contributed by atoms with van der Waals surface area (Å²) in [5, 5.41) is 9.62. The molecule has 0 aliphatic rings. The van der Waals surface area contributed by atoms with Crippen molar-refractivity contribution in [1.29, 1.82) is 0 Å². The average molecular weight is 256 g/mol. The van der Waals surface area contributed by atoms with Crippen molar-refractivity contribution in [3.63, 3.8) is 0 Å². The van der Waals surface area contributed by atoms with Gasteiger partial charge < -0.3 is 9.84 Å². The summed E-state index contributed by atoms with van der Waals surface area (Å²) in [5.74, 6) is -0.561. The van der Waals surface area contributed by atoms with Crippen molar-refractivity contribution in [2.24, 2.45) is 0 Å². The van der Waals surface area contributed by atoms with Crippen LogP contribution in [-0.4, -0.2) is 18.2 Å². The van der Waals surface area contributed by atoms with Crippen molar-refractivity contribution >= 4 is 5.97 Å². The van der Waals surface area contributed by atoms with Crippen LogP contribution in [0, 0.1) is 0 Å². The molecule has 0 saturated heterocycles. The van der Waals surface area contributed by atoms with E-state index in [1.54, 1.807) is 6.07 Å². The summed E-state index contributed by atoms with van der Waals surface area (Å²) < 4.78 is 4.64. The summed E-state index contributed by atoms with van der Waals surface area (Å²) in [5.41, 5.74) is 2.46. The van der Waals surface area contributed by atoms with Crippen LogP contribution in [0.25, 0.3) is 0 Å². The molecule has 19 heavy (non-hydrogen) atoms. The van der Waals surface area contributed by atoms with E-state index in [1.165, 1.54) is 18.7 Å². The fraction of sp³-hybridized carbons (Fsp3) is 0.188. The van der Waals surface area contributed by atoms with Crippen molar-refractivity contribution in [1.82, 2.24) is 0 Å². The van der Waals surface area contributed by atoms with E-state index in [2.05, 4.69) is 16.9 Å². The minimum absolute atomic E-state index is 0.0460. The van der Waals surface area contributed by atoms with Crippen LogP contribution in [-0.2, 0) is 17.6 Å². The molecule has 0 saturated carbocycles. The third-order valence-electron chi connectivity index (χ3n) is 3.01. The summed E-state index contributed by atoms with van der Waals surface area (Å²) in [7, 11) is 1.30. The normalized spacial score (nSPS) is 10.2. The third kappa shape index (κ3) is 3.35. The minimum Gasteiger partial charge on any atom is -0.507 e. The smallest absolute Gasteiger partial charge is 0.341 e. The number of rotatable bonds is 4. The second-order valence-corrected chi connectivity index (χ2v) is 4.33. The van der Waals surface area contributed by atoms with Gasteiger partial charge in [-0.3, -0.25) is 0 Å². The number of phenols is 1. The number of hydrogen-bond acceptors (Lipinski definition) is 3. The van der Waals surface area contributed by atoms with Gasteiger partial charge in [0.1, 0.15) is 11.3 Å². The monoisotopic (exact) mass is 256 g/mol. The number of esters is 1. The number of hydrogen-bond donors (Lipinski definition) is 1. The highest BCUT2D eigenvalue weighted by atomic mass is 16.5. The van der Waals surface area contributed by atoms with E-state index < -0.39 is 5.97 Å². The first-order chi connectivity index (χ1) is 9.20. The predicted octanol–water partition coefficient (Wildman–Crippen LogP) is 2.96. The maximum atomic E-state index is 11.5. The summed E-state index contributed by atoms with van der Waals surface area (Å²) >= 11 is 0. The molecule has 2 rings (SSSR count). The summed E-state index contributed by atoms with van der Waals surface area (Å²) in [6.07, 6.45) is 1.71. The van der Waals surface area contributed by atoms with Gasteiger partial charge in [0.25, 0.3) is 0 Å². The van der Waals surface area contributed by atoms with Crippen LogP contribution in [0.4, 0.5) is 0 Å². The van der Waals surface area contributed by atoms with Crippen LogP contribution in [0.5, 0.6) is 5.75 Å². The molecule has 0 spiro atoms. The summed E-state index contributed by atoms with van der Waals surface area (Å²) in [6, 6.07) is 15.2. The van der Waals surface area contributed by atoms with E-state index in [0.717, 1.165) is 18.4 Å². The summed E-state index contributed by atoms with van der Waals surface area (Å²) in [4.78, 5) is 11.5. The van der Waals surface area contributed by atoms with Crippen molar-refractivity contribution in [2.75, 3.05) is 7.11 Å². The van der Waals surface area contributed by atoms with Crippen LogP contribution in [0.3, 0.4) is 0 Å². The Bertz CT molecular complexity index is 561. The first-order valence-electron chi connectivity index (χ1n) is 6.15. The van der Waals surface area contributed by atoms with Crippen LogP contribution in [0.1, 0.15) is 21.5 Å². The summed E-state index contributed by atoms with van der Waals surface area (Å²) in [6.45, 7) is 0. The molecule has 0 fully saturated rings. The predicted molar refractivity (Wildman–Crippen MR) is 73.3 cm³/mol. The van der Waals surface area contributed by atoms with Gasteiger partial charge in [0.15, 0.2) is 0 Å². The number of aromatic hydroxyl groups is 1. The highest BCUT2D eigenvalue weighted by molar-refractivity contribution is 5.92. The topological polar surface area (TPSA) is 46.5 Å². The van der Waals surface area contributed by atoms with Gasteiger partial charge >= 0.3 is 5.97 Å². The molecular weight excluding hydrogens is 240 g/mol. The Morgan fingerprint density at radius 3 is 2.42 bits per heavy atom. The van der Waals surface area contributed by atoms with E-state index in [9.17, 15) is 9.90 Å². The van der Waals surface area contributed by atoms with Gasteiger partial charge in [0.2, 0.25) is 0 Å². The lowest BCUT2D eigenvalue weighted by atomic mass is 10.0. The molecule has 0 atom stereocenters. The third-order valence-corrected chi connectivity index (χ3v) is 3.01. The molecule has 2 aromatic rings. The maximum Gasteiger partial charge on any atom is 0.341 e. The first-order valence-corrected chi connectivity index (χ1v) is 6.15. The SMILES string of the molecule is COC(=O)c1cc(CCc2ccccc2)ccc1O. The minimum atomic E-state index is -0.515. The molecule has 3 nitrogen and oxygen atoms in total.